The average Bonchev–Trinajstić information content (AvgIpc) is 3.09. The number of rotatable bonds is 5. The SMILES string of the molecule is Cc1ccccc1OC1CN(c2ccc(-c3nnc(CO)o3)nn2)C1. The van der Waals surface area contributed by atoms with Gasteiger partial charge in [0.15, 0.2) is 5.82 Å². The molecular weight excluding hydrogens is 322 g/mol. The molecule has 0 spiro atoms. The summed E-state index contributed by atoms with van der Waals surface area (Å²) < 4.78 is 11.2. The van der Waals surface area contributed by atoms with Gasteiger partial charge in [-0.15, -0.1) is 20.4 Å². The molecule has 1 saturated heterocycles. The van der Waals surface area contributed by atoms with Gasteiger partial charge in [0.1, 0.15) is 24.2 Å². The Labute approximate surface area is 144 Å². The summed E-state index contributed by atoms with van der Waals surface area (Å²) in [4.78, 5) is 2.09. The van der Waals surface area contributed by atoms with Crippen LogP contribution in [0, 0.1) is 6.92 Å². The molecule has 3 aromatic rings. The summed E-state index contributed by atoms with van der Waals surface area (Å²) in [5, 5.41) is 24.8. The highest BCUT2D eigenvalue weighted by atomic mass is 16.5. The van der Waals surface area contributed by atoms with Gasteiger partial charge in [-0.1, -0.05) is 18.2 Å². The second-order valence-corrected chi connectivity index (χ2v) is 5.85. The Morgan fingerprint density at radius 1 is 1.12 bits per heavy atom. The van der Waals surface area contributed by atoms with Crippen LogP contribution in [0.25, 0.3) is 11.6 Å². The van der Waals surface area contributed by atoms with E-state index < -0.39 is 0 Å². The molecule has 1 aliphatic heterocycles. The zero-order valence-electron chi connectivity index (χ0n) is 13.7. The summed E-state index contributed by atoms with van der Waals surface area (Å²) in [6.07, 6.45) is 0.144. The largest absolute Gasteiger partial charge is 0.486 e. The fourth-order valence-electron chi connectivity index (χ4n) is 2.60. The summed E-state index contributed by atoms with van der Waals surface area (Å²) in [6, 6.07) is 11.6. The monoisotopic (exact) mass is 339 g/mol. The molecule has 0 saturated carbocycles. The normalized spacial score (nSPS) is 14.4. The molecule has 0 atom stereocenters. The predicted molar refractivity (Wildman–Crippen MR) is 89.1 cm³/mol. The molecule has 8 heteroatoms. The lowest BCUT2D eigenvalue weighted by Crippen LogP contribution is -2.54. The average molecular weight is 339 g/mol. The van der Waals surface area contributed by atoms with Gasteiger partial charge in [0, 0.05) is 0 Å². The van der Waals surface area contributed by atoms with Crippen molar-refractivity contribution in [2.24, 2.45) is 0 Å². The van der Waals surface area contributed by atoms with Gasteiger partial charge in [-0.3, -0.25) is 0 Å². The van der Waals surface area contributed by atoms with Crippen LogP contribution in [0.3, 0.4) is 0 Å². The van der Waals surface area contributed by atoms with Crippen molar-refractivity contribution in [3.63, 3.8) is 0 Å². The van der Waals surface area contributed by atoms with E-state index in [1.54, 1.807) is 6.07 Å². The van der Waals surface area contributed by atoms with Gasteiger partial charge >= 0.3 is 0 Å². The van der Waals surface area contributed by atoms with Crippen LogP contribution in [0.15, 0.2) is 40.8 Å². The quantitative estimate of drug-likeness (QED) is 0.748. The van der Waals surface area contributed by atoms with Crippen molar-refractivity contribution >= 4 is 5.82 Å². The molecule has 1 aromatic carbocycles. The molecular formula is C17H17N5O3. The first-order valence-electron chi connectivity index (χ1n) is 7.97. The van der Waals surface area contributed by atoms with Crippen molar-refractivity contribution in [2.75, 3.05) is 18.0 Å². The van der Waals surface area contributed by atoms with Crippen LogP contribution in [-0.2, 0) is 6.61 Å². The van der Waals surface area contributed by atoms with E-state index in [0.717, 1.165) is 30.2 Å². The van der Waals surface area contributed by atoms with Crippen LogP contribution in [-0.4, -0.2) is 44.7 Å². The number of nitrogens with zero attached hydrogens (tertiary/aromatic N) is 5. The zero-order chi connectivity index (χ0) is 17.2. The molecule has 8 nitrogen and oxygen atoms in total. The Balaban J connectivity index is 1.37. The molecule has 1 aliphatic rings. The lowest BCUT2D eigenvalue weighted by molar-refractivity contribution is 0.165. The van der Waals surface area contributed by atoms with Gasteiger partial charge in [0.05, 0.1) is 13.1 Å². The minimum atomic E-state index is -0.297. The summed E-state index contributed by atoms with van der Waals surface area (Å²) in [6.45, 7) is 3.26. The van der Waals surface area contributed by atoms with Gasteiger partial charge in [0.2, 0.25) is 5.89 Å². The Bertz CT molecular complexity index is 859. The molecule has 0 aliphatic carbocycles. The maximum atomic E-state index is 8.95. The minimum absolute atomic E-state index is 0.144. The summed E-state index contributed by atoms with van der Waals surface area (Å²) in [5.74, 6) is 2.09. The lowest BCUT2D eigenvalue weighted by Gasteiger charge is -2.39. The summed E-state index contributed by atoms with van der Waals surface area (Å²) >= 11 is 0. The third kappa shape index (κ3) is 3.16. The number of hydrogen-bond acceptors (Lipinski definition) is 8. The standard InChI is InChI=1S/C17H17N5O3/c1-11-4-2-3-5-14(11)24-12-8-22(9-12)15-7-6-13(18-19-15)17-21-20-16(10-23)25-17/h2-7,12,23H,8-10H2,1H3. The number of hydrogen-bond donors (Lipinski definition) is 1. The Hall–Kier alpha value is -3.00. The number of aliphatic hydroxyl groups is 1. The molecule has 2 aromatic heterocycles. The van der Waals surface area contributed by atoms with E-state index in [9.17, 15) is 0 Å². The first-order valence-corrected chi connectivity index (χ1v) is 7.97. The summed E-state index contributed by atoms with van der Waals surface area (Å²) in [5.41, 5.74) is 1.61. The maximum absolute atomic E-state index is 8.95. The van der Waals surface area contributed by atoms with E-state index in [1.165, 1.54) is 0 Å². The molecule has 0 bridgehead atoms. The van der Waals surface area contributed by atoms with Crippen LogP contribution in [0.1, 0.15) is 11.5 Å². The van der Waals surface area contributed by atoms with Crippen LogP contribution in [0.2, 0.25) is 0 Å². The number of para-hydroxylation sites is 1. The molecule has 1 fully saturated rings. The molecule has 128 valence electrons. The van der Waals surface area contributed by atoms with Crippen LogP contribution in [0.4, 0.5) is 5.82 Å². The van der Waals surface area contributed by atoms with E-state index in [4.69, 9.17) is 14.3 Å². The van der Waals surface area contributed by atoms with E-state index in [2.05, 4.69) is 25.3 Å². The molecule has 0 unspecified atom stereocenters. The van der Waals surface area contributed by atoms with E-state index in [-0.39, 0.29) is 24.5 Å². The highest BCUT2D eigenvalue weighted by Crippen LogP contribution is 2.25. The second-order valence-electron chi connectivity index (χ2n) is 5.85. The van der Waals surface area contributed by atoms with Crippen molar-refractivity contribution in [1.82, 2.24) is 20.4 Å². The number of aromatic nitrogens is 4. The Morgan fingerprint density at radius 3 is 2.64 bits per heavy atom. The zero-order valence-corrected chi connectivity index (χ0v) is 13.7. The third-order valence-corrected chi connectivity index (χ3v) is 4.03. The Kier molecular flexibility index (Phi) is 4.02. The molecule has 25 heavy (non-hydrogen) atoms. The molecule has 1 N–H and O–H groups in total. The van der Waals surface area contributed by atoms with Crippen molar-refractivity contribution < 1.29 is 14.3 Å². The van der Waals surface area contributed by atoms with Gasteiger partial charge in [0.25, 0.3) is 5.89 Å². The molecule has 4 rings (SSSR count). The number of anilines is 1. The highest BCUT2D eigenvalue weighted by Gasteiger charge is 2.30. The van der Waals surface area contributed by atoms with Crippen LogP contribution in [0.5, 0.6) is 5.75 Å². The number of aliphatic hydroxyl groups excluding tert-OH is 1. The van der Waals surface area contributed by atoms with Crippen LogP contribution < -0.4 is 9.64 Å². The van der Waals surface area contributed by atoms with Crippen molar-refractivity contribution in [2.45, 2.75) is 19.6 Å². The molecule has 0 amide bonds. The van der Waals surface area contributed by atoms with Gasteiger partial charge < -0.3 is 19.2 Å². The first-order chi connectivity index (χ1) is 12.2. The Morgan fingerprint density at radius 2 is 1.96 bits per heavy atom. The lowest BCUT2D eigenvalue weighted by atomic mass is 10.1. The van der Waals surface area contributed by atoms with E-state index >= 15 is 0 Å². The molecule has 0 radical (unpaired) electrons. The van der Waals surface area contributed by atoms with Crippen molar-refractivity contribution in [3.05, 3.63) is 47.9 Å². The van der Waals surface area contributed by atoms with Crippen molar-refractivity contribution in [1.29, 1.82) is 0 Å². The van der Waals surface area contributed by atoms with E-state index in [0.29, 0.717) is 5.69 Å². The van der Waals surface area contributed by atoms with Gasteiger partial charge in [-0.2, -0.15) is 0 Å². The molecule has 3 heterocycles. The summed E-state index contributed by atoms with van der Waals surface area (Å²) in [7, 11) is 0. The number of aryl methyl sites for hydroxylation is 1. The van der Waals surface area contributed by atoms with Crippen molar-refractivity contribution in [3.8, 4) is 17.3 Å². The van der Waals surface area contributed by atoms with Crippen LogP contribution >= 0.6 is 0 Å². The fraction of sp³-hybridized carbons (Fsp3) is 0.294. The second kappa shape index (κ2) is 6.48. The third-order valence-electron chi connectivity index (χ3n) is 4.03. The maximum Gasteiger partial charge on any atom is 0.268 e. The topological polar surface area (TPSA) is 97.4 Å². The van der Waals surface area contributed by atoms with Gasteiger partial charge in [-0.05, 0) is 30.7 Å². The first kappa shape index (κ1) is 15.5. The number of ether oxygens (including phenoxy) is 1. The number of benzene rings is 1. The predicted octanol–water partition coefficient (Wildman–Crippen LogP) is 1.59. The smallest absolute Gasteiger partial charge is 0.268 e. The highest BCUT2D eigenvalue weighted by molar-refractivity contribution is 5.50. The van der Waals surface area contributed by atoms with Gasteiger partial charge in [-0.25, -0.2) is 0 Å². The van der Waals surface area contributed by atoms with E-state index in [1.807, 2.05) is 37.3 Å². The minimum Gasteiger partial charge on any atom is -0.486 e. The fourth-order valence-corrected chi connectivity index (χ4v) is 2.60.